The van der Waals surface area contributed by atoms with Crippen LogP contribution in [0.5, 0.6) is 0 Å². The van der Waals surface area contributed by atoms with Crippen LogP contribution in [-0.4, -0.2) is 89.3 Å². The zero-order valence-electron chi connectivity index (χ0n) is 40.4. The molecule has 3 aliphatic heterocycles. The van der Waals surface area contributed by atoms with Gasteiger partial charge in [-0.15, -0.1) is 0 Å². The van der Waals surface area contributed by atoms with Crippen LogP contribution in [0.4, 0.5) is 5.69 Å². The molecule has 1 unspecified atom stereocenters. The third-order valence-corrected chi connectivity index (χ3v) is 13.9. The van der Waals surface area contributed by atoms with Crippen LogP contribution in [0.1, 0.15) is 124 Å². The second-order valence-corrected chi connectivity index (χ2v) is 19.0. The molecule has 16 heteroatoms. The minimum absolute atomic E-state index is 0.0873. The molecule has 5 atom stereocenters. The highest BCUT2D eigenvalue weighted by Crippen LogP contribution is 2.39. The first-order valence-electron chi connectivity index (χ1n) is 25.1. The van der Waals surface area contributed by atoms with E-state index in [2.05, 4.69) is 34.9 Å². The molecule has 1 aromatic heterocycles. The molecular formula is C53H71N7O9. The van der Waals surface area contributed by atoms with Crippen LogP contribution in [0.3, 0.4) is 0 Å². The summed E-state index contributed by atoms with van der Waals surface area (Å²) in [4.78, 5) is 77.7. The van der Waals surface area contributed by atoms with E-state index in [9.17, 15) is 28.8 Å². The predicted molar refractivity (Wildman–Crippen MR) is 263 cm³/mol. The fourth-order valence-corrected chi connectivity index (χ4v) is 9.88. The molecule has 69 heavy (non-hydrogen) atoms. The van der Waals surface area contributed by atoms with Crippen molar-refractivity contribution in [2.24, 2.45) is 18.5 Å². The van der Waals surface area contributed by atoms with E-state index in [1.807, 2.05) is 43.3 Å². The van der Waals surface area contributed by atoms with Crippen LogP contribution in [0.25, 0.3) is 11.0 Å². The lowest BCUT2D eigenvalue weighted by atomic mass is 10.0. The van der Waals surface area contributed by atoms with Gasteiger partial charge in [-0.3, -0.25) is 43.3 Å². The zero-order valence-corrected chi connectivity index (χ0v) is 40.4. The lowest BCUT2D eigenvalue weighted by Gasteiger charge is -2.30. The van der Waals surface area contributed by atoms with Crippen LogP contribution in [0.15, 0.2) is 65.5 Å². The maximum absolute atomic E-state index is 13.9. The second kappa shape index (κ2) is 24.7. The third kappa shape index (κ3) is 13.4. The summed E-state index contributed by atoms with van der Waals surface area (Å²) in [7, 11) is 1.71. The Morgan fingerprint density at radius 3 is 2.12 bits per heavy atom. The number of fused-ring (bicyclic) bond motifs is 1. The largest absolute Gasteiger partial charge is 0.381 e. The first kappa shape index (κ1) is 51.2. The molecule has 5 amide bonds. The van der Waals surface area contributed by atoms with Gasteiger partial charge in [-0.2, -0.15) is 0 Å². The highest BCUT2D eigenvalue weighted by molar-refractivity contribution is 6.07. The minimum atomic E-state index is -0.729. The number of para-hydroxylation sites is 1. The number of aromatic nitrogens is 2. The molecule has 7 rings (SSSR count). The van der Waals surface area contributed by atoms with E-state index >= 15 is 0 Å². The SMILES string of the molecule is C[C@@H](OCc1ccc(CCCOCCCCCCCCOCCCc2ccc3c(c2)n(C)c(=O)n3C2CCC(=O)NC2=O)cc1)[C@H](CCC(N)=O)NC(=O)[C@@H]1Cc2cccc3c2N1C(=O)[C@@H](N)CC3. The van der Waals surface area contributed by atoms with E-state index in [0.29, 0.717) is 50.8 Å². The number of nitrogens with one attached hydrogen (secondary N) is 2. The molecule has 0 spiro atoms. The number of imidazole rings is 1. The van der Waals surface area contributed by atoms with Crippen molar-refractivity contribution in [3.8, 4) is 0 Å². The lowest BCUT2D eigenvalue weighted by molar-refractivity contribution is -0.135. The van der Waals surface area contributed by atoms with Crippen molar-refractivity contribution >= 4 is 46.3 Å². The number of hydrogen-bond donors (Lipinski definition) is 4. The van der Waals surface area contributed by atoms with Gasteiger partial charge >= 0.3 is 5.69 Å². The van der Waals surface area contributed by atoms with Gasteiger partial charge in [0, 0.05) is 52.7 Å². The second-order valence-electron chi connectivity index (χ2n) is 19.0. The number of hydrogen-bond acceptors (Lipinski definition) is 10. The number of primary amides is 1. The molecule has 372 valence electrons. The number of anilines is 1. The number of aryl methyl sites for hydroxylation is 4. The predicted octanol–water partition coefficient (Wildman–Crippen LogP) is 5.14. The van der Waals surface area contributed by atoms with E-state index in [-0.39, 0.29) is 36.3 Å². The van der Waals surface area contributed by atoms with Crippen molar-refractivity contribution in [3.63, 3.8) is 0 Å². The highest BCUT2D eigenvalue weighted by Gasteiger charge is 2.43. The lowest BCUT2D eigenvalue weighted by Crippen LogP contribution is -2.55. The van der Waals surface area contributed by atoms with Crippen LogP contribution >= 0.6 is 0 Å². The van der Waals surface area contributed by atoms with Gasteiger partial charge in [0.2, 0.25) is 29.5 Å². The topological polar surface area (TPSA) is 219 Å². The number of carbonyl (C=O) groups is 5. The number of imide groups is 1. The van der Waals surface area contributed by atoms with Crippen LogP contribution in [-0.2, 0) is 77.5 Å². The Morgan fingerprint density at radius 2 is 1.42 bits per heavy atom. The van der Waals surface area contributed by atoms with Crippen LogP contribution in [0.2, 0.25) is 0 Å². The third-order valence-electron chi connectivity index (χ3n) is 13.9. The summed E-state index contributed by atoms with van der Waals surface area (Å²) in [6.07, 6.45) is 12.4. The van der Waals surface area contributed by atoms with Gasteiger partial charge < -0.3 is 31.0 Å². The van der Waals surface area contributed by atoms with Crippen molar-refractivity contribution in [1.29, 1.82) is 0 Å². The standard InChI is InChI=1S/C53H71N7O9/c1-35(42(23-26-47(55)61)56-51(64)46-33-40-15-9-14-39-21-22-41(54)52(65)60(46)49(39)40)69-34-38-18-16-36(17-19-38)12-10-30-67-28-7-5-3-4-6-8-29-68-31-11-13-37-20-24-43-45(32-37)58(2)53(66)59(43)44-25-27-48(62)57-50(44)63/h9,14-20,24,32,35,41-42,44,46H,3-8,10-13,21-23,25-31,33-34,54H2,1-2H3,(H2,55,61)(H,56,64)(H,57,62,63)/t35-,41+,42+,44?,46+/m1/s1. The molecule has 4 heterocycles. The Kier molecular flexibility index (Phi) is 18.4. The summed E-state index contributed by atoms with van der Waals surface area (Å²) in [6, 6.07) is 17.6. The molecule has 3 aliphatic rings. The summed E-state index contributed by atoms with van der Waals surface area (Å²) < 4.78 is 21.2. The van der Waals surface area contributed by atoms with Gasteiger partial charge in [0.25, 0.3) is 0 Å². The van der Waals surface area contributed by atoms with Crippen LogP contribution < -0.4 is 32.7 Å². The number of carbonyl (C=O) groups excluding carboxylic acids is 5. The zero-order chi connectivity index (χ0) is 48.9. The van der Waals surface area contributed by atoms with E-state index in [0.717, 1.165) is 105 Å². The quantitative estimate of drug-likeness (QED) is 0.0456. The summed E-state index contributed by atoms with van der Waals surface area (Å²) in [6.45, 7) is 5.13. The Balaban J connectivity index is 0.709. The molecular weight excluding hydrogens is 879 g/mol. The molecule has 16 nitrogen and oxygen atoms in total. The molecule has 1 fully saturated rings. The first-order chi connectivity index (χ1) is 33.4. The number of nitrogens with two attached hydrogens (primary N) is 2. The molecule has 0 bridgehead atoms. The molecule has 3 aromatic carbocycles. The maximum Gasteiger partial charge on any atom is 0.329 e. The number of piperidine rings is 1. The summed E-state index contributed by atoms with van der Waals surface area (Å²) >= 11 is 0. The Hall–Kier alpha value is -5.68. The number of unbranched alkanes of at least 4 members (excludes halogenated alkanes) is 5. The van der Waals surface area contributed by atoms with E-state index in [1.54, 1.807) is 16.5 Å². The number of ether oxygens (including phenoxy) is 3. The average molecular weight is 950 g/mol. The number of benzene rings is 3. The van der Waals surface area contributed by atoms with E-state index in [1.165, 1.54) is 23.0 Å². The Bertz CT molecular complexity index is 2480. The number of nitrogens with zero attached hydrogens (tertiary/aromatic N) is 3. The summed E-state index contributed by atoms with van der Waals surface area (Å²) in [5.74, 6) is -1.74. The Morgan fingerprint density at radius 1 is 0.783 bits per heavy atom. The van der Waals surface area contributed by atoms with E-state index in [4.69, 9.17) is 25.7 Å². The average Bonchev–Trinajstić information content (AvgIpc) is 3.81. The van der Waals surface area contributed by atoms with Crippen molar-refractivity contribution in [3.05, 3.63) is 99.0 Å². The van der Waals surface area contributed by atoms with Gasteiger partial charge in [0.15, 0.2) is 0 Å². The molecule has 0 aliphatic carbocycles. The minimum Gasteiger partial charge on any atom is -0.381 e. The van der Waals surface area contributed by atoms with Crippen molar-refractivity contribution in [2.45, 2.75) is 153 Å². The Labute approximate surface area is 404 Å². The van der Waals surface area contributed by atoms with Gasteiger partial charge in [-0.25, -0.2) is 4.79 Å². The van der Waals surface area contributed by atoms with E-state index < -0.39 is 42.1 Å². The molecule has 0 radical (unpaired) electrons. The highest BCUT2D eigenvalue weighted by atomic mass is 16.5. The fraction of sp³-hybridized carbons (Fsp3) is 0.547. The van der Waals surface area contributed by atoms with Gasteiger partial charge in [0.05, 0.1) is 41.5 Å². The fourth-order valence-electron chi connectivity index (χ4n) is 9.88. The molecule has 6 N–H and O–H groups in total. The number of rotatable bonds is 27. The summed E-state index contributed by atoms with van der Waals surface area (Å²) in [5.41, 5.74) is 19.1. The normalized spacial score (nSPS) is 18.8. The summed E-state index contributed by atoms with van der Waals surface area (Å²) in [5, 5.41) is 5.45. The molecule has 1 saturated heterocycles. The number of amides is 5. The van der Waals surface area contributed by atoms with Crippen molar-refractivity contribution in [2.75, 3.05) is 31.3 Å². The smallest absolute Gasteiger partial charge is 0.329 e. The van der Waals surface area contributed by atoms with Crippen molar-refractivity contribution in [1.82, 2.24) is 19.8 Å². The van der Waals surface area contributed by atoms with Gasteiger partial charge in [0.1, 0.15) is 12.1 Å². The van der Waals surface area contributed by atoms with Crippen LogP contribution in [0, 0.1) is 0 Å². The molecule has 0 saturated carbocycles. The monoisotopic (exact) mass is 950 g/mol. The van der Waals surface area contributed by atoms with Gasteiger partial charge in [-0.05, 0) is 111 Å². The maximum atomic E-state index is 13.9. The first-order valence-corrected chi connectivity index (χ1v) is 25.1. The molecule has 4 aromatic rings. The van der Waals surface area contributed by atoms with Crippen molar-refractivity contribution < 1.29 is 38.2 Å². The van der Waals surface area contributed by atoms with Gasteiger partial charge in [-0.1, -0.05) is 74.2 Å².